The van der Waals surface area contributed by atoms with Crippen LogP contribution in [0.15, 0.2) is 29.3 Å². The van der Waals surface area contributed by atoms with Gasteiger partial charge in [-0.3, -0.25) is 4.79 Å². The van der Waals surface area contributed by atoms with E-state index in [4.69, 9.17) is 9.47 Å². The molecule has 0 radical (unpaired) electrons. The number of aliphatic imine (C=N–C) groups is 1. The first-order chi connectivity index (χ1) is 13.5. The fraction of sp³-hybridized carbons (Fsp3) is 0.238. The Hall–Kier alpha value is -3.24. The van der Waals surface area contributed by atoms with Crippen LogP contribution in [0.2, 0.25) is 0 Å². The number of carbonyl (C=O) groups is 1. The predicted octanol–water partition coefficient (Wildman–Crippen LogP) is 5.05. The summed E-state index contributed by atoms with van der Waals surface area (Å²) in [5.74, 6) is 0.620. The monoisotopic (exact) mass is 393 g/mol. The summed E-state index contributed by atoms with van der Waals surface area (Å²) in [5, 5.41) is 10.3. The van der Waals surface area contributed by atoms with Gasteiger partial charge in [0, 0.05) is 16.5 Å². The lowest BCUT2D eigenvalue weighted by molar-refractivity contribution is 0.101. The summed E-state index contributed by atoms with van der Waals surface area (Å²) >= 11 is 1.26. The van der Waals surface area contributed by atoms with E-state index in [1.807, 2.05) is 31.2 Å². The average Bonchev–Trinajstić information content (AvgIpc) is 3.04. The van der Waals surface area contributed by atoms with Crippen molar-refractivity contribution in [1.82, 2.24) is 4.98 Å². The molecule has 0 saturated heterocycles. The minimum absolute atomic E-state index is 0.0952. The van der Waals surface area contributed by atoms with Crippen LogP contribution < -0.4 is 4.74 Å². The van der Waals surface area contributed by atoms with Crippen molar-refractivity contribution in [2.45, 2.75) is 20.8 Å². The highest BCUT2D eigenvalue weighted by Gasteiger charge is 2.24. The van der Waals surface area contributed by atoms with Crippen LogP contribution in [0.3, 0.4) is 0 Å². The summed E-state index contributed by atoms with van der Waals surface area (Å²) in [6, 6.07) is 9.63. The molecule has 0 unspecified atom stereocenters. The first-order valence-electron chi connectivity index (χ1n) is 8.68. The van der Waals surface area contributed by atoms with Crippen molar-refractivity contribution in [1.29, 1.82) is 5.26 Å². The van der Waals surface area contributed by atoms with Crippen LogP contribution in [-0.4, -0.2) is 30.9 Å². The Balaban J connectivity index is 2.42. The van der Waals surface area contributed by atoms with E-state index in [0.717, 1.165) is 11.1 Å². The lowest BCUT2D eigenvalue weighted by Gasteiger charge is -2.13. The number of aromatic nitrogens is 1. The molecule has 0 fully saturated rings. The van der Waals surface area contributed by atoms with Gasteiger partial charge in [0.2, 0.25) is 0 Å². The first-order valence-corrected chi connectivity index (χ1v) is 9.50. The number of fused-ring (bicyclic) bond motifs is 1. The van der Waals surface area contributed by atoms with E-state index in [1.165, 1.54) is 24.7 Å². The molecule has 6 nitrogen and oxygen atoms in total. The summed E-state index contributed by atoms with van der Waals surface area (Å²) in [7, 11) is 1.60. The number of hydrogen-bond donors (Lipinski definition) is 0. The van der Waals surface area contributed by atoms with Gasteiger partial charge in [-0.2, -0.15) is 5.26 Å². The maximum absolute atomic E-state index is 12.5. The number of Topliss-reactive ketones (excluding diaryl/α,β-unsaturated/α-hetero) is 1. The maximum Gasteiger partial charge on any atom is 0.174 e. The van der Waals surface area contributed by atoms with E-state index in [-0.39, 0.29) is 5.78 Å². The number of methoxy groups -OCH3 is 1. The molecule has 0 aliphatic heterocycles. The van der Waals surface area contributed by atoms with Gasteiger partial charge in [0.25, 0.3) is 0 Å². The van der Waals surface area contributed by atoms with Crippen LogP contribution in [0, 0.1) is 18.3 Å². The van der Waals surface area contributed by atoms with Gasteiger partial charge >= 0.3 is 0 Å². The molecule has 3 aromatic rings. The number of ketones is 1. The normalized spacial score (nSPS) is 11.0. The summed E-state index contributed by atoms with van der Waals surface area (Å²) in [4.78, 5) is 22.5. The number of rotatable bonds is 6. The SMILES string of the molecule is CCOC=Nc1c(C#N)sc2nc(C)c(C(C)=O)c(-c3ccc(OC)cc3)c12. The van der Waals surface area contributed by atoms with Gasteiger partial charge in [0.1, 0.15) is 27.2 Å². The zero-order valence-electron chi connectivity index (χ0n) is 16.1. The van der Waals surface area contributed by atoms with Crippen LogP contribution in [0.25, 0.3) is 21.3 Å². The van der Waals surface area contributed by atoms with Gasteiger partial charge in [-0.15, -0.1) is 11.3 Å². The van der Waals surface area contributed by atoms with E-state index in [2.05, 4.69) is 16.0 Å². The third kappa shape index (κ3) is 3.47. The quantitative estimate of drug-likeness (QED) is 0.332. The van der Waals surface area contributed by atoms with Crippen molar-refractivity contribution in [2.75, 3.05) is 13.7 Å². The van der Waals surface area contributed by atoms with E-state index < -0.39 is 0 Å². The van der Waals surface area contributed by atoms with Gasteiger partial charge in [0.05, 0.1) is 19.4 Å². The van der Waals surface area contributed by atoms with Gasteiger partial charge in [0.15, 0.2) is 12.2 Å². The highest BCUT2D eigenvalue weighted by atomic mass is 32.1. The average molecular weight is 393 g/mol. The Kier molecular flexibility index (Phi) is 5.71. The van der Waals surface area contributed by atoms with E-state index in [0.29, 0.717) is 44.4 Å². The highest BCUT2D eigenvalue weighted by molar-refractivity contribution is 7.20. The Labute approximate surface area is 167 Å². The van der Waals surface area contributed by atoms with Gasteiger partial charge < -0.3 is 9.47 Å². The van der Waals surface area contributed by atoms with Gasteiger partial charge in [-0.25, -0.2) is 9.98 Å². The first kappa shape index (κ1) is 19.5. The zero-order chi connectivity index (χ0) is 20.3. The van der Waals surface area contributed by atoms with Gasteiger partial charge in [-0.1, -0.05) is 12.1 Å². The number of nitriles is 1. The molecule has 28 heavy (non-hydrogen) atoms. The van der Waals surface area contributed by atoms with Crippen LogP contribution in [0.5, 0.6) is 5.75 Å². The summed E-state index contributed by atoms with van der Waals surface area (Å²) < 4.78 is 10.5. The molecule has 2 heterocycles. The van der Waals surface area contributed by atoms with Crippen LogP contribution >= 0.6 is 11.3 Å². The van der Waals surface area contributed by atoms with Crippen LogP contribution in [0.1, 0.15) is 34.8 Å². The summed E-state index contributed by atoms with van der Waals surface area (Å²) in [5.41, 5.74) is 3.16. The molecule has 7 heteroatoms. The van der Waals surface area contributed by atoms with Crippen molar-refractivity contribution in [3.05, 3.63) is 40.4 Å². The van der Waals surface area contributed by atoms with E-state index >= 15 is 0 Å². The third-order valence-electron chi connectivity index (χ3n) is 4.25. The molecule has 0 bridgehead atoms. The van der Waals surface area contributed by atoms with Crippen LogP contribution in [-0.2, 0) is 4.74 Å². The molecule has 0 saturated carbocycles. The van der Waals surface area contributed by atoms with E-state index in [1.54, 1.807) is 14.0 Å². The Morgan fingerprint density at radius 3 is 2.64 bits per heavy atom. The van der Waals surface area contributed by atoms with Crippen molar-refractivity contribution in [3.8, 4) is 22.9 Å². The Morgan fingerprint density at radius 2 is 2.07 bits per heavy atom. The molecule has 0 atom stereocenters. The lowest BCUT2D eigenvalue weighted by Crippen LogP contribution is -2.03. The Bertz CT molecular complexity index is 1110. The number of nitrogens with zero attached hydrogens (tertiary/aromatic N) is 3. The highest BCUT2D eigenvalue weighted by Crippen LogP contribution is 2.44. The molecule has 3 rings (SSSR count). The second-order valence-corrected chi connectivity index (χ2v) is 6.99. The molecule has 0 aliphatic rings. The van der Waals surface area contributed by atoms with Crippen molar-refractivity contribution in [3.63, 3.8) is 0 Å². The number of hydrogen-bond acceptors (Lipinski definition) is 7. The molecule has 0 N–H and O–H groups in total. The van der Waals surface area contributed by atoms with Crippen molar-refractivity contribution < 1.29 is 14.3 Å². The topological polar surface area (TPSA) is 84.6 Å². The molecule has 0 aliphatic carbocycles. The number of pyridine rings is 1. The molecule has 142 valence electrons. The van der Waals surface area contributed by atoms with Crippen LogP contribution in [0.4, 0.5) is 5.69 Å². The van der Waals surface area contributed by atoms with Gasteiger partial charge in [-0.05, 0) is 38.5 Å². The second-order valence-electron chi connectivity index (χ2n) is 5.99. The molecular formula is C21H19N3O3S. The third-order valence-corrected chi connectivity index (χ3v) is 5.23. The zero-order valence-corrected chi connectivity index (χ0v) is 16.9. The molecule has 0 spiro atoms. The maximum atomic E-state index is 12.5. The molecule has 0 amide bonds. The lowest BCUT2D eigenvalue weighted by atomic mass is 9.93. The fourth-order valence-electron chi connectivity index (χ4n) is 3.07. The van der Waals surface area contributed by atoms with Crippen molar-refractivity contribution >= 4 is 39.4 Å². The smallest absolute Gasteiger partial charge is 0.174 e. The van der Waals surface area contributed by atoms with Crippen molar-refractivity contribution in [2.24, 2.45) is 4.99 Å². The number of aryl methyl sites for hydroxylation is 1. The minimum Gasteiger partial charge on any atom is -0.497 e. The predicted molar refractivity (Wildman–Crippen MR) is 111 cm³/mol. The number of carbonyl (C=O) groups excluding carboxylic acids is 1. The molecule has 2 aromatic heterocycles. The fourth-order valence-corrected chi connectivity index (χ4v) is 4.04. The largest absolute Gasteiger partial charge is 0.497 e. The van der Waals surface area contributed by atoms with E-state index in [9.17, 15) is 10.1 Å². The molecule has 1 aromatic carbocycles. The standard InChI is InChI=1S/C21H19N3O3S/c1-5-27-11-23-20-16(10-22)28-21-19(20)18(17(13(3)25)12(2)24-21)14-6-8-15(26-4)9-7-14/h6-9,11H,5H2,1-4H3. The minimum atomic E-state index is -0.0952. The summed E-state index contributed by atoms with van der Waals surface area (Å²) in [6.45, 7) is 5.64. The molecular weight excluding hydrogens is 374 g/mol. The second kappa shape index (κ2) is 8.19. The number of thiophene rings is 1. The number of benzene rings is 1. The number of ether oxygens (including phenoxy) is 2. The summed E-state index contributed by atoms with van der Waals surface area (Å²) in [6.07, 6.45) is 1.33. The Morgan fingerprint density at radius 1 is 1.36 bits per heavy atom.